The number of aliphatic hydroxyl groups excluding tert-OH is 1. The van der Waals surface area contributed by atoms with Crippen LogP contribution in [0.5, 0.6) is 0 Å². The monoisotopic (exact) mass is 239 g/mol. The number of hydrogen-bond donors (Lipinski definition) is 3. The topological polar surface area (TPSA) is 104 Å². The van der Waals surface area contributed by atoms with Gasteiger partial charge >= 0.3 is 6.03 Å². The highest BCUT2D eigenvalue weighted by molar-refractivity contribution is 5.91. The van der Waals surface area contributed by atoms with Gasteiger partial charge in [-0.05, 0) is 12.5 Å². The summed E-state index contributed by atoms with van der Waals surface area (Å²) in [6, 6.07) is 5.34. The molecule has 17 heavy (non-hydrogen) atoms. The number of nitro benzene ring substituents is 1. The smallest absolute Gasteiger partial charge is 0.319 e. The molecule has 0 aliphatic heterocycles. The van der Waals surface area contributed by atoms with Crippen LogP contribution >= 0.6 is 0 Å². The van der Waals surface area contributed by atoms with Gasteiger partial charge in [0.1, 0.15) is 5.69 Å². The van der Waals surface area contributed by atoms with Gasteiger partial charge in [-0.3, -0.25) is 10.1 Å². The van der Waals surface area contributed by atoms with Gasteiger partial charge in [0.15, 0.2) is 0 Å². The quantitative estimate of drug-likeness (QED) is 0.406. The van der Waals surface area contributed by atoms with Crippen LogP contribution in [0.4, 0.5) is 16.2 Å². The first kappa shape index (κ1) is 12.9. The van der Waals surface area contributed by atoms with E-state index in [0.29, 0.717) is 13.0 Å². The number of urea groups is 1. The fourth-order valence-electron chi connectivity index (χ4n) is 1.19. The number of carbonyl (C=O) groups excluding carboxylic acids is 1. The van der Waals surface area contributed by atoms with E-state index in [-0.39, 0.29) is 18.0 Å². The number of amides is 2. The molecule has 7 heteroatoms. The first-order valence-electron chi connectivity index (χ1n) is 5.04. The third kappa shape index (κ3) is 4.07. The third-order valence-electron chi connectivity index (χ3n) is 1.97. The number of benzene rings is 1. The zero-order valence-electron chi connectivity index (χ0n) is 9.05. The molecular weight excluding hydrogens is 226 g/mol. The number of para-hydroxylation sites is 2. The molecule has 1 aromatic carbocycles. The number of carbonyl (C=O) groups is 1. The van der Waals surface area contributed by atoms with Crippen LogP contribution in [0.2, 0.25) is 0 Å². The maximum atomic E-state index is 11.3. The van der Waals surface area contributed by atoms with E-state index in [1.165, 1.54) is 18.2 Å². The van der Waals surface area contributed by atoms with E-state index in [1.54, 1.807) is 6.07 Å². The van der Waals surface area contributed by atoms with E-state index in [9.17, 15) is 14.9 Å². The number of aliphatic hydroxyl groups is 1. The van der Waals surface area contributed by atoms with Crippen molar-refractivity contribution in [2.45, 2.75) is 6.42 Å². The van der Waals surface area contributed by atoms with E-state index in [4.69, 9.17) is 5.11 Å². The molecule has 0 radical (unpaired) electrons. The minimum absolute atomic E-state index is 0.0221. The molecule has 0 spiro atoms. The van der Waals surface area contributed by atoms with E-state index in [0.717, 1.165) is 0 Å². The summed E-state index contributed by atoms with van der Waals surface area (Å²) >= 11 is 0. The second-order valence-electron chi connectivity index (χ2n) is 3.23. The van der Waals surface area contributed by atoms with Crippen molar-refractivity contribution >= 4 is 17.4 Å². The Kier molecular flexibility index (Phi) is 4.89. The molecule has 0 heterocycles. The molecule has 7 nitrogen and oxygen atoms in total. The average molecular weight is 239 g/mol. The summed E-state index contributed by atoms with van der Waals surface area (Å²) < 4.78 is 0. The predicted molar refractivity (Wildman–Crippen MR) is 61.8 cm³/mol. The number of nitro groups is 1. The van der Waals surface area contributed by atoms with Crippen LogP contribution in [0.25, 0.3) is 0 Å². The molecule has 92 valence electrons. The molecule has 0 bridgehead atoms. The maximum absolute atomic E-state index is 11.3. The fraction of sp³-hybridized carbons (Fsp3) is 0.300. The van der Waals surface area contributed by atoms with Crippen molar-refractivity contribution in [1.29, 1.82) is 0 Å². The number of nitrogens with one attached hydrogen (secondary N) is 2. The van der Waals surface area contributed by atoms with Gasteiger partial charge in [-0.2, -0.15) is 0 Å². The first-order chi connectivity index (χ1) is 8.15. The Bertz CT molecular complexity index is 408. The SMILES string of the molecule is O=C(NCCCO)Nc1ccccc1[N+](=O)[O-]. The third-order valence-corrected chi connectivity index (χ3v) is 1.97. The molecule has 0 fully saturated rings. The summed E-state index contributed by atoms with van der Waals surface area (Å²) in [4.78, 5) is 21.4. The summed E-state index contributed by atoms with van der Waals surface area (Å²) in [5, 5.41) is 24.0. The van der Waals surface area contributed by atoms with Crippen molar-refractivity contribution in [3.05, 3.63) is 34.4 Å². The molecule has 0 aromatic heterocycles. The highest BCUT2D eigenvalue weighted by atomic mass is 16.6. The summed E-state index contributed by atoms with van der Waals surface area (Å²) in [5.41, 5.74) is -0.0243. The largest absolute Gasteiger partial charge is 0.396 e. The van der Waals surface area contributed by atoms with Gasteiger partial charge in [-0.15, -0.1) is 0 Å². The second kappa shape index (κ2) is 6.44. The van der Waals surface area contributed by atoms with Crippen LogP contribution < -0.4 is 10.6 Å². The van der Waals surface area contributed by atoms with Crippen LogP contribution in [-0.2, 0) is 0 Å². The van der Waals surface area contributed by atoms with Crippen LogP contribution in [0.15, 0.2) is 24.3 Å². The van der Waals surface area contributed by atoms with E-state index in [1.807, 2.05) is 0 Å². The molecule has 0 unspecified atom stereocenters. The Morgan fingerprint density at radius 3 is 2.76 bits per heavy atom. The lowest BCUT2D eigenvalue weighted by molar-refractivity contribution is -0.383. The van der Waals surface area contributed by atoms with Crippen molar-refractivity contribution in [2.75, 3.05) is 18.5 Å². The van der Waals surface area contributed by atoms with Gasteiger partial charge in [0, 0.05) is 19.2 Å². The summed E-state index contributed by atoms with van der Waals surface area (Å²) in [6.45, 7) is 0.286. The van der Waals surface area contributed by atoms with Crippen LogP contribution in [-0.4, -0.2) is 29.2 Å². The molecule has 0 aliphatic carbocycles. The standard InChI is InChI=1S/C10H13N3O4/c14-7-3-6-11-10(15)12-8-4-1-2-5-9(8)13(16)17/h1-2,4-5,14H,3,6-7H2,(H2,11,12,15). The minimum Gasteiger partial charge on any atom is -0.396 e. The molecule has 3 N–H and O–H groups in total. The molecule has 0 saturated heterocycles. The zero-order chi connectivity index (χ0) is 12.7. The lowest BCUT2D eigenvalue weighted by Gasteiger charge is -2.06. The van der Waals surface area contributed by atoms with Gasteiger partial charge in [-0.1, -0.05) is 12.1 Å². The summed E-state index contributed by atoms with van der Waals surface area (Å²) in [6.07, 6.45) is 0.435. The fourth-order valence-corrected chi connectivity index (χ4v) is 1.19. The Morgan fingerprint density at radius 1 is 1.41 bits per heavy atom. The molecule has 0 saturated carbocycles. The van der Waals surface area contributed by atoms with Crippen molar-refractivity contribution in [3.8, 4) is 0 Å². The predicted octanol–water partition coefficient (Wildman–Crippen LogP) is 1.10. The lowest BCUT2D eigenvalue weighted by Crippen LogP contribution is -2.30. The number of nitrogens with zero attached hydrogens (tertiary/aromatic N) is 1. The first-order valence-corrected chi connectivity index (χ1v) is 5.04. The highest BCUT2D eigenvalue weighted by Gasteiger charge is 2.13. The number of rotatable bonds is 5. The summed E-state index contributed by atoms with van der Waals surface area (Å²) in [7, 11) is 0. The molecule has 2 amide bonds. The average Bonchev–Trinajstić information content (AvgIpc) is 2.29. The Labute approximate surface area is 97.6 Å². The number of anilines is 1. The van der Waals surface area contributed by atoms with E-state index >= 15 is 0 Å². The molecule has 0 atom stereocenters. The Hall–Kier alpha value is -2.15. The van der Waals surface area contributed by atoms with Gasteiger partial charge in [0.25, 0.3) is 5.69 Å². The van der Waals surface area contributed by atoms with Crippen LogP contribution in [0.1, 0.15) is 6.42 Å². The highest BCUT2D eigenvalue weighted by Crippen LogP contribution is 2.22. The molecule has 0 aliphatic rings. The van der Waals surface area contributed by atoms with Gasteiger partial charge in [0.2, 0.25) is 0 Å². The molecule has 1 rings (SSSR count). The number of hydrogen-bond acceptors (Lipinski definition) is 4. The normalized spacial score (nSPS) is 9.71. The zero-order valence-corrected chi connectivity index (χ0v) is 9.05. The van der Waals surface area contributed by atoms with Crippen molar-refractivity contribution in [1.82, 2.24) is 5.32 Å². The maximum Gasteiger partial charge on any atom is 0.319 e. The van der Waals surface area contributed by atoms with Gasteiger partial charge in [-0.25, -0.2) is 4.79 Å². The van der Waals surface area contributed by atoms with Crippen molar-refractivity contribution in [2.24, 2.45) is 0 Å². The van der Waals surface area contributed by atoms with E-state index in [2.05, 4.69) is 10.6 Å². The van der Waals surface area contributed by atoms with Crippen LogP contribution in [0, 0.1) is 10.1 Å². The van der Waals surface area contributed by atoms with Gasteiger partial charge < -0.3 is 15.7 Å². The van der Waals surface area contributed by atoms with Crippen LogP contribution in [0.3, 0.4) is 0 Å². The Balaban J connectivity index is 2.61. The molecular formula is C10H13N3O4. The Morgan fingerprint density at radius 2 is 2.12 bits per heavy atom. The lowest BCUT2D eigenvalue weighted by atomic mass is 10.3. The second-order valence-corrected chi connectivity index (χ2v) is 3.23. The molecule has 1 aromatic rings. The van der Waals surface area contributed by atoms with Crippen molar-refractivity contribution in [3.63, 3.8) is 0 Å². The van der Waals surface area contributed by atoms with Gasteiger partial charge in [0.05, 0.1) is 4.92 Å². The minimum atomic E-state index is -0.566. The van der Waals surface area contributed by atoms with Crippen molar-refractivity contribution < 1.29 is 14.8 Å². The van der Waals surface area contributed by atoms with E-state index < -0.39 is 11.0 Å². The summed E-state index contributed by atoms with van der Waals surface area (Å²) in [5.74, 6) is 0.